The first-order valence-corrected chi connectivity index (χ1v) is 7.25. The highest BCUT2D eigenvalue weighted by Crippen LogP contribution is 2.27. The van der Waals surface area contributed by atoms with Crippen LogP contribution >= 0.6 is 0 Å². The van der Waals surface area contributed by atoms with Gasteiger partial charge in [-0.05, 0) is 30.0 Å². The molecule has 0 radical (unpaired) electrons. The molecule has 0 fully saturated rings. The second-order valence-electron chi connectivity index (χ2n) is 5.26. The van der Waals surface area contributed by atoms with Gasteiger partial charge in [0.2, 0.25) is 0 Å². The van der Waals surface area contributed by atoms with E-state index < -0.39 is 0 Å². The Balaban J connectivity index is 2.17. The molecule has 20 heavy (non-hydrogen) atoms. The highest BCUT2D eigenvalue weighted by Gasteiger charge is 2.06. The second-order valence-corrected chi connectivity index (χ2v) is 5.26. The number of hydrogen-bond donors (Lipinski definition) is 2. The zero-order chi connectivity index (χ0) is 14.4. The van der Waals surface area contributed by atoms with E-state index in [1.54, 1.807) is 0 Å². The van der Waals surface area contributed by atoms with Crippen LogP contribution in [0.1, 0.15) is 38.7 Å². The topological polar surface area (TPSA) is 37.0 Å². The maximum Gasteiger partial charge on any atom is 0.0591 e. The van der Waals surface area contributed by atoms with Crippen molar-refractivity contribution in [3.8, 4) is 0 Å². The van der Waals surface area contributed by atoms with Gasteiger partial charge in [0.25, 0.3) is 0 Å². The van der Waals surface area contributed by atoms with Crippen LogP contribution in [-0.2, 0) is 0 Å². The number of pyridine rings is 1. The first kappa shape index (κ1) is 14.4. The maximum atomic E-state index is 4.28. The normalized spacial score (nSPS) is 10.6. The predicted molar refractivity (Wildman–Crippen MR) is 86.8 cm³/mol. The highest BCUT2D eigenvalue weighted by molar-refractivity contribution is 5.66. The molecular formula is C17H23N3. The molecule has 2 aromatic rings. The molecule has 0 saturated carbocycles. The Labute approximate surface area is 121 Å². The summed E-state index contributed by atoms with van der Waals surface area (Å²) in [4.78, 5) is 4.28. The number of hydrogen-bond acceptors (Lipinski definition) is 3. The van der Waals surface area contributed by atoms with Gasteiger partial charge in [-0.15, -0.1) is 0 Å². The second kappa shape index (κ2) is 6.94. The van der Waals surface area contributed by atoms with Crippen molar-refractivity contribution in [1.29, 1.82) is 0 Å². The van der Waals surface area contributed by atoms with Crippen LogP contribution in [0.2, 0.25) is 0 Å². The average Bonchev–Trinajstić information content (AvgIpc) is 2.46. The third-order valence-electron chi connectivity index (χ3n) is 3.18. The Morgan fingerprint density at radius 2 is 1.85 bits per heavy atom. The van der Waals surface area contributed by atoms with Crippen molar-refractivity contribution in [2.45, 2.75) is 33.1 Å². The minimum Gasteiger partial charge on any atom is -0.384 e. The van der Waals surface area contributed by atoms with Crippen molar-refractivity contribution in [2.24, 2.45) is 0 Å². The fourth-order valence-electron chi connectivity index (χ4n) is 2.14. The van der Waals surface area contributed by atoms with E-state index in [1.807, 2.05) is 12.4 Å². The summed E-state index contributed by atoms with van der Waals surface area (Å²) in [6.07, 6.45) is 4.82. The fourth-order valence-corrected chi connectivity index (χ4v) is 2.14. The van der Waals surface area contributed by atoms with Gasteiger partial charge in [-0.25, -0.2) is 0 Å². The Hall–Kier alpha value is -2.03. The van der Waals surface area contributed by atoms with E-state index in [2.05, 4.69) is 66.7 Å². The molecule has 0 bridgehead atoms. The van der Waals surface area contributed by atoms with Gasteiger partial charge in [-0.3, -0.25) is 4.98 Å². The van der Waals surface area contributed by atoms with E-state index in [9.17, 15) is 0 Å². The largest absolute Gasteiger partial charge is 0.384 e. The molecule has 106 valence electrons. The van der Waals surface area contributed by atoms with E-state index in [4.69, 9.17) is 0 Å². The zero-order valence-electron chi connectivity index (χ0n) is 12.5. The summed E-state index contributed by atoms with van der Waals surface area (Å²) in [5.41, 5.74) is 4.54. The van der Waals surface area contributed by atoms with Crippen molar-refractivity contribution in [2.75, 3.05) is 17.2 Å². The number of anilines is 3. The molecule has 0 spiro atoms. The minimum absolute atomic E-state index is 0.494. The number of aromatic nitrogens is 1. The molecule has 0 amide bonds. The molecule has 0 aliphatic rings. The van der Waals surface area contributed by atoms with Crippen LogP contribution in [-0.4, -0.2) is 11.5 Å². The molecular weight excluding hydrogens is 246 g/mol. The summed E-state index contributed by atoms with van der Waals surface area (Å²) in [7, 11) is 0. The number of para-hydroxylation sites is 1. The van der Waals surface area contributed by atoms with Crippen LogP contribution in [0.4, 0.5) is 17.1 Å². The van der Waals surface area contributed by atoms with Crippen LogP contribution in [0.5, 0.6) is 0 Å². The van der Waals surface area contributed by atoms with Crippen molar-refractivity contribution in [1.82, 2.24) is 4.98 Å². The molecule has 0 unspecified atom stereocenters. The van der Waals surface area contributed by atoms with Crippen LogP contribution in [0, 0.1) is 0 Å². The summed E-state index contributed by atoms with van der Waals surface area (Å²) in [5, 5.41) is 6.82. The van der Waals surface area contributed by atoms with Crippen molar-refractivity contribution in [3.05, 3.63) is 48.3 Å². The first-order valence-electron chi connectivity index (χ1n) is 7.25. The molecule has 1 aromatic heterocycles. The number of nitrogens with one attached hydrogen (secondary N) is 2. The molecule has 1 aromatic carbocycles. The van der Waals surface area contributed by atoms with Crippen molar-refractivity contribution >= 4 is 17.1 Å². The SMILES string of the molecule is CCCNc1cncc(Nc2ccccc2C(C)C)c1. The first-order chi connectivity index (χ1) is 9.70. The summed E-state index contributed by atoms with van der Waals surface area (Å²) in [5.74, 6) is 0.494. The Morgan fingerprint density at radius 1 is 1.10 bits per heavy atom. The van der Waals surface area contributed by atoms with Crippen LogP contribution in [0.25, 0.3) is 0 Å². The van der Waals surface area contributed by atoms with Crippen LogP contribution < -0.4 is 10.6 Å². The number of rotatable bonds is 6. The highest BCUT2D eigenvalue weighted by atomic mass is 14.9. The van der Waals surface area contributed by atoms with Gasteiger partial charge >= 0.3 is 0 Å². The van der Waals surface area contributed by atoms with E-state index in [1.165, 1.54) is 5.56 Å². The van der Waals surface area contributed by atoms with E-state index in [0.717, 1.165) is 30.0 Å². The Morgan fingerprint density at radius 3 is 2.60 bits per heavy atom. The summed E-state index contributed by atoms with van der Waals surface area (Å²) in [6.45, 7) is 7.53. The lowest BCUT2D eigenvalue weighted by Gasteiger charge is -2.15. The zero-order valence-corrected chi connectivity index (χ0v) is 12.5. The number of benzene rings is 1. The lowest BCUT2D eigenvalue weighted by atomic mass is 10.0. The fraction of sp³-hybridized carbons (Fsp3) is 0.353. The van der Waals surface area contributed by atoms with Crippen LogP contribution in [0.3, 0.4) is 0 Å². The van der Waals surface area contributed by atoms with Gasteiger partial charge in [-0.1, -0.05) is 39.0 Å². The lowest BCUT2D eigenvalue weighted by molar-refractivity contribution is 0.869. The van der Waals surface area contributed by atoms with Gasteiger partial charge < -0.3 is 10.6 Å². The maximum absolute atomic E-state index is 4.28. The molecule has 0 atom stereocenters. The van der Waals surface area contributed by atoms with E-state index >= 15 is 0 Å². The van der Waals surface area contributed by atoms with Crippen molar-refractivity contribution < 1.29 is 0 Å². The molecule has 0 aliphatic heterocycles. The van der Waals surface area contributed by atoms with Gasteiger partial charge in [0.05, 0.1) is 23.8 Å². The summed E-state index contributed by atoms with van der Waals surface area (Å²) < 4.78 is 0. The van der Waals surface area contributed by atoms with Gasteiger partial charge in [0, 0.05) is 12.2 Å². The smallest absolute Gasteiger partial charge is 0.0591 e. The van der Waals surface area contributed by atoms with Crippen LogP contribution in [0.15, 0.2) is 42.7 Å². The quantitative estimate of drug-likeness (QED) is 0.793. The summed E-state index contributed by atoms with van der Waals surface area (Å²) in [6, 6.07) is 10.5. The summed E-state index contributed by atoms with van der Waals surface area (Å²) >= 11 is 0. The minimum atomic E-state index is 0.494. The predicted octanol–water partition coefficient (Wildman–Crippen LogP) is 4.77. The van der Waals surface area contributed by atoms with Crippen molar-refractivity contribution in [3.63, 3.8) is 0 Å². The van der Waals surface area contributed by atoms with Gasteiger partial charge in [0.1, 0.15) is 0 Å². The molecule has 0 aliphatic carbocycles. The molecule has 3 nitrogen and oxygen atoms in total. The molecule has 0 saturated heterocycles. The monoisotopic (exact) mass is 269 g/mol. The molecule has 2 rings (SSSR count). The lowest BCUT2D eigenvalue weighted by Crippen LogP contribution is -2.02. The van der Waals surface area contributed by atoms with E-state index in [-0.39, 0.29) is 0 Å². The molecule has 2 N–H and O–H groups in total. The average molecular weight is 269 g/mol. The standard InChI is InChI=1S/C17H23N3/c1-4-9-19-14-10-15(12-18-11-14)20-17-8-6-5-7-16(17)13(2)3/h5-8,10-13,19-20H,4,9H2,1-3H3. The van der Waals surface area contributed by atoms with E-state index in [0.29, 0.717) is 5.92 Å². The van der Waals surface area contributed by atoms with Gasteiger partial charge in [0.15, 0.2) is 0 Å². The number of nitrogens with zero attached hydrogens (tertiary/aromatic N) is 1. The molecule has 1 heterocycles. The third-order valence-corrected chi connectivity index (χ3v) is 3.18. The third kappa shape index (κ3) is 3.73. The Bertz CT molecular complexity index is 549. The van der Waals surface area contributed by atoms with Gasteiger partial charge in [-0.2, -0.15) is 0 Å². The molecule has 3 heteroatoms. The Kier molecular flexibility index (Phi) is 4.99.